The number of rotatable bonds is 1. The lowest BCUT2D eigenvalue weighted by atomic mass is 10.0. The van der Waals surface area contributed by atoms with E-state index in [-0.39, 0.29) is 5.82 Å². The molecule has 0 saturated carbocycles. The van der Waals surface area contributed by atoms with E-state index < -0.39 is 0 Å². The maximum atomic E-state index is 13.4. The summed E-state index contributed by atoms with van der Waals surface area (Å²) in [5.74, 6) is 0.208. The van der Waals surface area contributed by atoms with Crippen molar-refractivity contribution in [2.24, 2.45) is 0 Å². The van der Waals surface area contributed by atoms with E-state index in [1.165, 1.54) is 27.3 Å². The Hall–Kier alpha value is -5.11. The third kappa shape index (κ3) is 17.5. The summed E-state index contributed by atoms with van der Waals surface area (Å²) in [5.41, 5.74) is 10.6. The maximum absolute atomic E-state index is 13.4. The Labute approximate surface area is 420 Å². The molecule has 0 spiro atoms. The Balaban J connectivity index is 0.000000400. The fourth-order valence-corrected chi connectivity index (χ4v) is 7.45. The van der Waals surface area contributed by atoms with Gasteiger partial charge in [-0.25, -0.2) is 4.39 Å². The van der Waals surface area contributed by atoms with E-state index in [0.29, 0.717) is 11.4 Å². The number of aryl methyl sites for hydroxylation is 4. The quantitative estimate of drug-likeness (QED) is 0.109. The van der Waals surface area contributed by atoms with Crippen LogP contribution in [0.3, 0.4) is 0 Å². The summed E-state index contributed by atoms with van der Waals surface area (Å²) in [5, 5.41) is 8.94. The standard InChI is InChI=1S/C11H12FN.4C9H8ClN.5C2H6/c1-7(2)9-5-8-3-4-13-11(8)10(12)6-9;1-6-4-7(10)5-9-8(6)2-3-11-9;1-6-4-7-2-3-11-9(7)5-8(6)10;1-6-4-7-2-3-11-9(7)8(10)5-6;1-6-2-3-8-7(9(6)10)4-5-11-8;5*1-2/h3-7,13H,1-2H3;4*2-5,11H,1H3;5*1-2H3. The summed E-state index contributed by atoms with van der Waals surface area (Å²) in [6.45, 7) is 32.2. The number of aromatic amines is 5. The van der Waals surface area contributed by atoms with Crippen LogP contribution in [0.2, 0.25) is 20.1 Å². The number of hydrogen-bond acceptors (Lipinski definition) is 0. The topological polar surface area (TPSA) is 78.9 Å². The van der Waals surface area contributed by atoms with E-state index in [1.807, 2.05) is 182 Å². The SMILES string of the molecule is CC.CC.CC.CC.CC.CC(C)c1cc(F)c2[nH]ccc2c1.Cc1cc(Cl)c2[nH]ccc2c1.Cc1cc(Cl)cc2[nH]ccc12.Cc1cc2cc[nH]c2cc1Cl.Cc1ccc2[nH]ccc2c1Cl. The lowest BCUT2D eigenvalue weighted by molar-refractivity contribution is 0.633. The van der Waals surface area contributed by atoms with Crippen molar-refractivity contribution in [3.63, 3.8) is 0 Å². The molecule has 67 heavy (non-hydrogen) atoms. The van der Waals surface area contributed by atoms with Gasteiger partial charge in [-0.15, -0.1) is 0 Å². The van der Waals surface area contributed by atoms with Crippen LogP contribution in [0.5, 0.6) is 0 Å². The molecule has 10 aromatic rings. The van der Waals surface area contributed by atoms with Gasteiger partial charge in [-0.2, -0.15) is 0 Å². The van der Waals surface area contributed by atoms with Crippen LogP contribution in [0, 0.1) is 33.5 Å². The predicted molar refractivity (Wildman–Crippen MR) is 301 cm³/mol. The second kappa shape index (κ2) is 31.8. The van der Waals surface area contributed by atoms with Crippen LogP contribution < -0.4 is 0 Å². The van der Waals surface area contributed by atoms with E-state index in [4.69, 9.17) is 46.4 Å². The molecule has 10 rings (SSSR count). The second-order valence-corrected chi connectivity index (χ2v) is 15.9. The monoisotopic (exact) mass is 987 g/mol. The van der Waals surface area contributed by atoms with E-state index in [9.17, 15) is 4.39 Å². The van der Waals surface area contributed by atoms with Gasteiger partial charge in [0.05, 0.1) is 21.1 Å². The molecule has 0 amide bonds. The van der Waals surface area contributed by atoms with Crippen LogP contribution in [0.4, 0.5) is 4.39 Å². The molecule has 5 heterocycles. The van der Waals surface area contributed by atoms with Gasteiger partial charge in [0.25, 0.3) is 0 Å². The maximum Gasteiger partial charge on any atom is 0.147 e. The van der Waals surface area contributed by atoms with Crippen molar-refractivity contribution < 1.29 is 4.39 Å². The van der Waals surface area contributed by atoms with Crippen molar-refractivity contribution in [1.29, 1.82) is 0 Å². The van der Waals surface area contributed by atoms with E-state index in [0.717, 1.165) is 69.6 Å². The lowest BCUT2D eigenvalue weighted by Crippen LogP contribution is -1.89. The van der Waals surface area contributed by atoms with Crippen molar-refractivity contribution in [1.82, 2.24) is 24.9 Å². The summed E-state index contributed by atoms with van der Waals surface area (Å²) in [4.78, 5) is 15.3. The van der Waals surface area contributed by atoms with Crippen molar-refractivity contribution in [3.05, 3.63) is 176 Å². The molecular weight excluding hydrogens is 915 g/mol. The molecule has 0 unspecified atom stereocenters. The highest BCUT2D eigenvalue weighted by Crippen LogP contribution is 2.27. The number of H-pyrrole nitrogens is 5. The fourth-order valence-electron chi connectivity index (χ4n) is 6.45. The molecule has 0 aliphatic heterocycles. The van der Waals surface area contributed by atoms with Crippen molar-refractivity contribution >= 4 is 101 Å². The molecule has 5 aromatic heterocycles. The normalized spacial score (nSPS) is 9.70. The number of halogens is 5. The Morgan fingerprint density at radius 2 is 0.940 bits per heavy atom. The van der Waals surface area contributed by atoms with Gasteiger partial charge >= 0.3 is 0 Å². The summed E-state index contributed by atoms with van der Waals surface area (Å²) in [6, 6.07) is 29.7. The minimum absolute atomic E-state index is 0.161. The molecule has 0 atom stereocenters. The molecule has 10 heteroatoms. The molecular formula is C57H74Cl4FN5. The molecule has 0 aliphatic rings. The molecule has 0 bridgehead atoms. The van der Waals surface area contributed by atoms with E-state index in [1.54, 1.807) is 12.3 Å². The van der Waals surface area contributed by atoms with Gasteiger partial charge < -0.3 is 24.9 Å². The molecule has 5 N–H and O–H groups in total. The summed E-state index contributed by atoms with van der Waals surface area (Å²) in [6.07, 6.45) is 9.40. The van der Waals surface area contributed by atoms with Crippen molar-refractivity contribution in [2.75, 3.05) is 0 Å². The molecule has 362 valence electrons. The highest BCUT2D eigenvalue weighted by Gasteiger charge is 2.07. The first-order chi connectivity index (χ1) is 32.3. The van der Waals surface area contributed by atoms with Gasteiger partial charge in [-0.3, -0.25) is 0 Å². The van der Waals surface area contributed by atoms with E-state index >= 15 is 0 Å². The molecule has 5 nitrogen and oxygen atoms in total. The Kier molecular flexibility index (Phi) is 28.4. The minimum Gasteiger partial charge on any atom is -0.361 e. The summed E-state index contributed by atoms with van der Waals surface area (Å²) in [7, 11) is 0. The first kappa shape index (κ1) is 59.9. The smallest absolute Gasteiger partial charge is 0.147 e. The fraction of sp³-hybridized carbons (Fsp3) is 0.298. The van der Waals surface area contributed by atoms with Gasteiger partial charge in [0.2, 0.25) is 0 Å². The highest BCUT2D eigenvalue weighted by atomic mass is 35.5. The molecule has 0 fully saturated rings. The number of fused-ring (bicyclic) bond motifs is 5. The largest absolute Gasteiger partial charge is 0.361 e. The van der Waals surface area contributed by atoms with Crippen LogP contribution in [0.1, 0.15) is 117 Å². The Bertz CT molecular complexity index is 2800. The third-order valence-electron chi connectivity index (χ3n) is 9.59. The van der Waals surface area contributed by atoms with Gasteiger partial charge in [0, 0.05) is 79.1 Å². The Morgan fingerprint density at radius 3 is 1.57 bits per heavy atom. The predicted octanol–water partition coefficient (Wildman–Crippen LogP) is 21.1. The molecule has 0 saturated heterocycles. The van der Waals surface area contributed by atoms with Crippen LogP contribution in [-0.2, 0) is 0 Å². The highest BCUT2D eigenvalue weighted by molar-refractivity contribution is 6.36. The third-order valence-corrected chi connectivity index (χ3v) is 11.0. The first-order valence-electron chi connectivity index (χ1n) is 23.5. The van der Waals surface area contributed by atoms with Crippen molar-refractivity contribution in [3.8, 4) is 0 Å². The zero-order chi connectivity index (χ0) is 50.8. The van der Waals surface area contributed by atoms with E-state index in [2.05, 4.69) is 63.9 Å². The average molecular weight is 990 g/mol. The average Bonchev–Trinajstić information content (AvgIpc) is 4.21. The Morgan fingerprint density at radius 1 is 0.418 bits per heavy atom. The summed E-state index contributed by atoms with van der Waals surface area (Å²) >= 11 is 23.8. The number of aromatic nitrogens is 5. The number of nitrogens with one attached hydrogen (secondary N) is 5. The minimum atomic E-state index is -0.161. The van der Waals surface area contributed by atoms with Crippen LogP contribution in [-0.4, -0.2) is 24.9 Å². The number of benzene rings is 5. The van der Waals surface area contributed by atoms with Gasteiger partial charge in [0.15, 0.2) is 0 Å². The van der Waals surface area contributed by atoms with Crippen LogP contribution >= 0.6 is 46.4 Å². The van der Waals surface area contributed by atoms with Gasteiger partial charge in [-0.05, 0) is 152 Å². The molecule has 5 aromatic carbocycles. The molecule has 0 radical (unpaired) electrons. The molecule has 0 aliphatic carbocycles. The number of hydrogen-bond donors (Lipinski definition) is 5. The lowest BCUT2D eigenvalue weighted by Gasteiger charge is -2.05. The zero-order valence-electron chi connectivity index (χ0n) is 42.5. The van der Waals surface area contributed by atoms with Gasteiger partial charge in [0.1, 0.15) is 5.82 Å². The van der Waals surface area contributed by atoms with Crippen LogP contribution in [0.15, 0.2) is 122 Å². The van der Waals surface area contributed by atoms with Crippen molar-refractivity contribution in [2.45, 2.75) is 117 Å². The second-order valence-electron chi connectivity index (χ2n) is 14.3. The van der Waals surface area contributed by atoms with Crippen LogP contribution in [0.25, 0.3) is 54.5 Å². The van der Waals surface area contributed by atoms with Gasteiger partial charge in [-0.1, -0.05) is 136 Å². The summed E-state index contributed by atoms with van der Waals surface area (Å²) < 4.78 is 13.4. The first-order valence-corrected chi connectivity index (χ1v) is 25.0. The zero-order valence-corrected chi connectivity index (χ0v) is 45.5.